The molecular weight excluding hydrogens is 470 g/mol. The molecule has 3 aromatic heterocycles. The van der Waals surface area contributed by atoms with Crippen molar-refractivity contribution in [3.05, 3.63) is 115 Å². The minimum atomic E-state index is 0.646. The van der Waals surface area contributed by atoms with E-state index in [4.69, 9.17) is 15.0 Å². The molecule has 0 N–H and O–H groups in total. The molecule has 8 aromatic rings. The van der Waals surface area contributed by atoms with Gasteiger partial charge in [-0.05, 0) is 24.3 Å². The van der Waals surface area contributed by atoms with Crippen molar-refractivity contribution in [2.45, 2.75) is 0 Å². The Bertz CT molecular complexity index is 2150. The lowest BCUT2D eigenvalue weighted by atomic mass is 9.98. The van der Waals surface area contributed by atoms with Gasteiger partial charge in [0, 0.05) is 47.3 Å². The third-order valence-corrected chi connectivity index (χ3v) is 8.20. The van der Waals surface area contributed by atoms with E-state index in [1.165, 1.54) is 25.6 Å². The first-order chi connectivity index (χ1) is 18.3. The Morgan fingerprint density at radius 3 is 1.92 bits per heavy atom. The molecule has 3 heterocycles. The van der Waals surface area contributed by atoms with Gasteiger partial charge in [0.15, 0.2) is 5.82 Å². The molecule has 0 aliphatic carbocycles. The summed E-state index contributed by atoms with van der Waals surface area (Å²) < 4.78 is 2.57. The highest BCUT2D eigenvalue weighted by molar-refractivity contribution is 7.26. The van der Waals surface area contributed by atoms with Crippen LogP contribution in [0.5, 0.6) is 0 Å². The van der Waals surface area contributed by atoms with Crippen molar-refractivity contribution < 1.29 is 0 Å². The van der Waals surface area contributed by atoms with Crippen LogP contribution in [0.2, 0.25) is 0 Å². The third kappa shape index (κ3) is 3.09. The summed E-state index contributed by atoms with van der Waals surface area (Å²) in [5, 5.41) is 7.03. The van der Waals surface area contributed by atoms with Gasteiger partial charge in [-0.25, -0.2) is 15.0 Å². The summed E-state index contributed by atoms with van der Waals surface area (Å²) in [6.07, 6.45) is 0. The second-order valence-corrected chi connectivity index (χ2v) is 10.3. The molecule has 0 fully saturated rings. The van der Waals surface area contributed by atoms with Crippen LogP contribution in [0.1, 0.15) is 0 Å². The van der Waals surface area contributed by atoms with Crippen LogP contribution in [0.15, 0.2) is 115 Å². The molecular formula is C33H19N3S. The number of para-hydroxylation sites is 2. The molecule has 3 nitrogen and oxygen atoms in total. The quantitative estimate of drug-likeness (QED) is 0.227. The van der Waals surface area contributed by atoms with Crippen LogP contribution in [-0.2, 0) is 0 Å². The topological polar surface area (TPSA) is 38.7 Å². The van der Waals surface area contributed by atoms with Crippen LogP contribution in [0, 0.1) is 0 Å². The Labute approximate surface area is 216 Å². The zero-order chi connectivity index (χ0) is 24.3. The van der Waals surface area contributed by atoms with Crippen LogP contribution >= 0.6 is 11.3 Å². The molecule has 0 spiro atoms. The predicted molar refractivity (Wildman–Crippen MR) is 156 cm³/mol. The normalized spacial score (nSPS) is 11.8. The number of nitrogens with zero attached hydrogens (tertiary/aromatic N) is 3. The fourth-order valence-electron chi connectivity index (χ4n) is 5.43. The fourth-order valence-corrected chi connectivity index (χ4v) is 6.54. The van der Waals surface area contributed by atoms with E-state index in [2.05, 4.69) is 78.9 Å². The molecule has 0 saturated heterocycles. The van der Waals surface area contributed by atoms with Crippen molar-refractivity contribution in [2.24, 2.45) is 0 Å². The van der Waals surface area contributed by atoms with E-state index in [1.54, 1.807) is 0 Å². The SMILES string of the molecule is c1ccc(-c2nc(-c3nc4ccccc4c4c3ccc3sc5ccccc5c34)nc3ccccc23)cc1. The summed E-state index contributed by atoms with van der Waals surface area (Å²) in [4.78, 5) is 15.4. The third-order valence-electron chi connectivity index (χ3n) is 7.07. The van der Waals surface area contributed by atoms with E-state index in [1.807, 2.05) is 47.7 Å². The van der Waals surface area contributed by atoms with Crippen LogP contribution in [0.4, 0.5) is 0 Å². The zero-order valence-corrected chi connectivity index (χ0v) is 20.5. The second-order valence-electron chi connectivity index (χ2n) is 9.22. The van der Waals surface area contributed by atoms with Crippen molar-refractivity contribution in [1.29, 1.82) is 0 Å². The van der Waals surface area contributed by atoms with Crippen LogP contribution in [0.25, 0.3) is 75.5 Å². The van der Waals surface area contributed by atoms with E-state index >= 15 is 0 Å². The molecule has 0 aliphatic heterocycles. The summed E-state index contributed by atoms with van der Waals surface area (Å²) in [6, 6.07) is 40.0. The molecule has 5 aromatic carbocycles. The summed E-state index contributed by atoms with van der Waals surface area (Å²) >= 11 is 1.84. The highest BCUT2D eigenvalue weighted by Crippen LogP contribution is 2.43. The Balaban J connectivity index is 1.54. The molecule has 0 radical (unpaired) electrons. The van der Waals surface area contributed by atoms with E-state index in [0.29, 0.717) is 5.82 Å². The molecule has 0 unspecified atom stereocenters. The van der Waals surface area contributed by atoms with Gasteiger partial charge in [-0.2, -0.15) is 0 Å². The highest BCUT2D eigenvalue weighted by Gasteiger charge is 2.19. The molecule has 8 rings (SSSR count). The maximum absolute atomic E-state index is 5.16. The van der Waals surface area contributed by atoms with Gasteiger partial charge in [0.1, 0.15) is 5.69 Å². The van der Waals surface area contributed by atoms with Gasteiger partial charge >= 0.3 is 0 Å². The largest absolute Gasteiger partial charge is 0.244 e. The number of aromatic nitrogens is 3. The Morgan fingerprint density at radius 2 is 1.08 bits per heavy atom. The smallest absolute Gasteiger partial charge is 0.179 e. The number of rotatable bonds is 2. The summed E-state index contributed by atoms with van der Waals surface area (Å²) in [5.74, 6) is 0.646. The molecule has 172 valence electrons. The molecule has 0 amide bonds. The van der Waals surface area contributed by atoms with Gasteiger partial charge in [-0.15, -0.1) is 11.3 Å². The maximum atomic E-state index is 5.16. The zero-order valence-electron chi connectivity index (χ0n) is 19.7. The first-order valence-electron chi connectivity index (χ1n) is 12.3. The lowest BCUT2D eigenvalue weighted by Crippen LogP contribution is -1.98. The van der Waals surface area contributed by atoms with E-state index < -0.39 is 0 Å². The molecule has 0 bridgehead atoms. The van der Waals surface area contributed by atoms with Crippen LogP contribution in [-0.4, -0.2) is 15.0 Å². The first-order valence-corrected chi connectivity index (χ1v) is 13.1. The van der Waals surface area contributed by atoms with Gasteiger partial charge in [-0.3, -0.25) is 0 Å². The molecule has 4 heteroatoms. The van der Waals surface area contributed by atoms with E-state index in [0.717, 1.165) is 44.1 Å². The van der Waals surface area contributed by atoms with E-state index in [-0.39, 0.29) is 0 Å². The number of hydrogen-bond donors (Lipinski definition) is 0. The lowest BCUT2D eigenvalue weighted by molar-refractivity contribution is 1.20. The lowest BCUT2D eigenvalue weighted by Gasteiger charge is -2.13. The number of thiophene rings is 1. The molecule has 0 saturated carbocycles. The highest BCUT2D eigenvalue weighted by atomic mass is 32.1. The van der Waals surface area contributed by atoms with Gasteiger partial charge in [0.2, 0.25) is 0 Å². The molecule has 0 aliphatic rings. The minimum Gasteiger partial charge on any atom is -0.244 e. The second kappa shape index (κ2) is 7.92. The molecule has 0 atom stereocenters. The predicted octanol–water partition coefficient (Wildman–Crippen LogP) is 9.03. The van der Waals surface area contributed by atoms with Crippen molar-refractivity contribution in [2.75, 3.05) is 0 Å². The Kier molecular flexibility index (Phi) is 4.39. The number of hydrogen-bond acceptors (Lipinski definition) is 4. The van der Waals surface area contributed by atoms with Crippen molar-refractivity contribution in [3.8, 4) is 22.8 Å². The van der Waals surface area contributed by atoms with Crippen molar-refractivity contribution >= 4 is 64.1 Å². The van der Waals surface area contributed by atoms with Crippen molar-refractivity contribution in [1.82, 2.24) is 15.0 Å². The summed E-state index contributed by atoms with van der Waals surface area (Å²) in [6.45, 7) is 0. The number of pyridine rings is 1. The standard InChI is InChI=1S/C33H19N3S/c1-2-10-20(11-3-1)31-22-13-5-8-16-26(22)35-33(36-31)32-24-18-19-28-30(23-14-6-9-17-27(23)37-28)29(24)21-12-4-7-15-25(21)34-32/h1-19H. The Morgan fingerprint density at radius 1 is 0.405 bits per heavy atom. The van der Waals surface area contributed by atoms with Gasteiger partial charge in [0.25, 0.3) is 0 Å². The van der Waals surface area contributed by atoms with Gasteiger partial charge in [0.05, 0.1) is 16.7 Å². The minimum absolute atomic E-state index is 0.646. The summed E-state index contributed by atoms with van der Waals surface area (Å²) in [5.41, 5.74) is 4.67. The van der Waals surface area contributed by atoms with Gasteiger partial charge in [-0.1, -0.05) is 91.0 Å². The average Bonchev–Trinajstić information content (AvgIpc) is 3.35. The molecule has 37 heavy (non-hydrogen) atoms. The Hall–Kier alpha value is -4.67. The number of fused-ring (bicyclic) bond motifs is 8. The first kappa shape index (κ1) is 20.5. The monoisotopic (exact) mass is 489 g/mol. The van der Waals surface area contributed by atoms with Gasteiger partial charge < -0.3 is 0 Å². The maximum Gasteiger partial charge on any atom is 0.179 e. The summed E-state index contributed by atoms with van der Waals surface area (Å²) in [7, 11) is 0. The van der Waals surface area contributed by atoms with Crippen molar-refractivity contribution in [3.63, 3.8) is 0 Å². The van der Waals surface area contributed by atoms with E-state index in [9.17, 15) is 0 Å². The average molecular weight is 490 g/mol. The fraction of sp³-hybridized carbons (Fsp3) is 0. The van der Waals surface area contributed by atoms with Crippen LogP contribution in [0.3, 0.4) is 0 Å². The van der Waals surface area contributed by atoms with Crippen LogP contribution < -0.4 is 0 Å². The number of benzene rings is 5.